The number of aromatic nitrogens is 1. The first-order chi connectivity index (χ1) is 6.86. The number of aromatic carboxylic acids is 1. The molecule has 7 heteroatoms. The maximum absolute atomic E-state index is 12.3. The molecule has 0 aliphatic rings. The number of carbonyl (C=O) groups is 1. The Bertz CT molecular complexity index is 372. The molecule has 1 rings (SSSR count). The average Bonchev–Trinajstić information content (AvgIpc) is 2.48. The third kappa shape index (κ3) is 2.68. The summed E-state index contributed by atoms with van der Waals surface area (Å²) < 4.78 is 37.0. The van der Waals surface area contributed by atoms with E-state index in [2.05, 4.69) is 4.98 Å². The predicted molar refractivity (Wildman–Crippen MR) is 48.1 cm³/mol. The molecule has 1 aromatic rings. The van der Waals surface area contributed by atoms with Crippen molar-refractivity contribution in [3.8, 4) is 0 Å². The van der Waals surface area contributed by atoms with Crippen molar-refractivity contribution in [1.29, 1.82) is 0 Å². The van der Waals surface area contributed by atoms with Crippen LogP contribution < -0.4 is 0 Å². The first-order valence-electron chi connectivity index (χ1n) is 4.16. The topological polar surface area (TPSA) is 50.2 Å². The lowest BCUT2D eigenvalue weighted by Gasteiger charge is -2.02. The van der Waals surface area contributed by atoms with E-state index in [1.807, 2.05) is 0 Å². The van der Waals surface area contributed by atoms with Crippen molar-refractivity contribution in [3.05, 3.63) is 15.6 Å². The molecule has 1 N–H and O–H groups in total. The van der Waals surface area contributed by atoms with Crippen LogP contribution in [0.4, 0.5) is 13.2 Å². The third-order valence-electron chi connectivity index (χ3n) is 1.60. The summed E-state index contributed by atoms with van der Waals surface area (Å²) in [5.41, 5.74) is -1.29. The maximum Gasteiger partial charge on any atom is 0.435 e. The molecule has 0 aliphatic heterocycles. The largest absolute Gasteiger partial charge is 0.477 e. The van der Waals surface area contributed by atoms with Gasteiger partial charge in [0.25, 0.3) is 0 Å². The van der Waals surface area contributed by atoms with E-state index in [1.54, 1.807) is 6.92 Å². The van der Waals surface area contributed by atoms with Crippen molar-refractivity contribution in [2.24, 2.45) is 0 Å². The van der Waals surface area contributed by atoms with Gasteiger partial charge in [0.2, 0.25) is 0 Å². The summed E-state index contributed by atoms with van der Waals surface area (Å²) in [6.45, 7) is 1.79. The zero-order valence-electron chi connectivity index (χ0n) is 7.76. The van der Waals surface area contributed by atoms with Crippen LogP contribution in [0, 0.1) is 0 Å². The number of hydrogen-bond donors (Lipinski definition) is 1. The lowest BCUT2D eigenvalue weighted by Crippen LogP contribution is -2.11. The smallest absolute Gasteiger partial charge is 0.435 e. The van der Waals surface area contributed by atoms with Crippen LogP contribution in [0.2, 0.25) is 0 Å². The lowest BCUT2D eigenvalue weighted by molar-refractivity contribution is -0.141. The Morgan fingerprint density at radius 1 is 1.53 bits per heavy atom. The van der Waals surface area contributed by atoms with E-state index < -0.39 is 22.7 Å². The molecular weight excluding hydrogens is 231 g/mol. The number of alkyl halides is 3. The fourth-order valence-corrected chi connectivity index (χ4v) is 2.05. The summed E-state index contributed by atoms with van der Waals surface area (Å²) in [7, 11) is 0. The minimum atomic E-state index is -4.70. The van der Waals surface area contributed by atoms with E-state index in [9.17, 15) is 18.0 Å². The summed E-state index contributed by atoms with van der Waals surface area (Å²) in [4.78, 5) is 13.1. The van der Waals surface area contributed by atoms with Gasteiger partial charge in [-0.05, 0) is 12.8 Å². The zero-order valence-corrected chi connectivity index (χ0v) is 8.58. The quantitative estimate of drug-likeness (QED) is 0.882. The van der Waals surface area contributed by atoms with Crippen LogP contribution in [0.1, 0.15) is 33.7 Å². The van der Waals surface area contributed by atoms with Crippen molar-refractivity contribution in [1.82, 2.24) is 4.98 Å². The molecule has 1 aromatic heterocycles. The molecule has 0 saturated heterocycles. The van der Waals surface area contributed by atoms with Crippen LogP contribution in [0.5, 0.6) is 0 Å². The van der Waals surface area contributed by atoms with Crippen molar-refractivity contribution in [2.45, 2.75) is 25.9 Å². The molecule has 0 saturated carbocycles. The Balaban J connectivity index is 3.18. The van der Waals surface area contributed by atoms with Crippen LogP contribution in [-0.2, 0) is 12.6 Å². The van der Waals surface area contributed by atoms with Gasteiger partial charge in [-0.3, -0.25) is 0 Å². The second-order valence-electron chi connectivity index (χ2n) is 2.84. The molecule has 15 heavy (non-hydrogen) atoms. The maximum atomic E-state index is 12.3. The van der Waals surface area contributed by atoms with Gasteiger partial charge in [-0.1, -0.05) is 6.92 Å². The molecule has 84 valence electrons. The molecule has 0 bridgehead atoms. The van der Waals surface area contributed by atoms with Gasteiger partial charge in [0.1, 0.15) is 4.88 Å². The number of halogens is 3. The number of thiazole rings is 1. The summed E-state index contributed by atoms with van der Waals surface area (Å²) in [6.07, 6.45) is -3.71. The van der Waals surface area contributed by atoms with E-state index in [0.717, 1.165) is 0 Å². The van der Waals surface area contributed by atoms with Gasteiger partial charge in [0, 0.05) is 0 Å². The minimum Gasteiger partial charge on any atom is -0.477 e. The van der Waals surface area contributed by atoms with Crippen LogP contribution in [-0.4, -0.2) is 16.1 Å². The van der Waals surface area contributed by atoms with Crippen molar-refractivity contribution in [3.63, 3.8) is 0 Å². The standard InChI is InChI=1S/C8H8F3NO2S/c1-2-3-4-12-6(8(9,10)11)5(15-4)7(13)14/h2-3H2,1H3,(H,13,14). The number of carboxylic acid groups (broad SMARTS) is 1. The molecule has 0 radical (unpaired) electrons. The van der Waals surface area contributed by atoms with Crippen molar-refractivity contribution in [2.75, 3.05) is 0 Å². The average molecular weight is 239 g/mol. The van der Waals surface area contributed by atoms with Gasteiger partial charge in [0.05, 0.1) is 5.01 Å². The van der Waals surface area contributed by atoms with Gasteiger partial charge in [-0.15, -0.1) is 11.3 Å². The lowest BCUT2D eigenvalue weighted by atomic mass is 10.3. The fourth-order valence-electron chi connectivity index (χ4n) is 1.02. The molecular formula is C8H8F3NO2S. The first-order valence-corrected chi connectivity index (χ1v) is 4.98. The zero-order chi connectivity index (χ0) is 11.6. The predicted octanol–water partition coefficient (Wildman–Crippen LogP) is 2.81. The Kier molecular flexibility index (Phi) is 3.33. The van der Waals surface area contributed by atoms with E-state index in [0.29, 0.717) is 24.2 Å². The summed E-state index contributed by atoms with van der Waals surface area (Å²) >= 11 is 0.588. The van der Waals surface area contributed by atoms with E-state index in [-0.39, 0.29) is 5.01 Å². The Hall–Kier alpha value is -1.11. The Labute approximate surface area is 87.6 Å². The molecule has 3 nitrogen and oxygen atoms in total. The molecule has 0 fully saturated rings. The summed E-state index contributed by atoms with van der Waals surface area (Å²) in [5, 5.41) is 8.79. The Morgan fingerprint density at radius 2 is 2.13 bits per heavy atom. The van der Waals surface area contributed by atoms with Gasteiger partial charge < -0.3 is 5.11 Å². The monoisotopic (exact) mass is 239 g/mol. The third-order valence-corrected chi connectivity index (χ3v) is 2.70. The number of aryl methyl sites for hydroxylation is 1. The van der Waals surface area contributed by atoms with Gasteiger partial charge in [-0.25, -0.2) is 9.78 Å². The normalized spacial score (nSPS) is 11.7. The molecule has 1 heterocycles. The van der Waals surface area contributed by atoms with E-state index in [1.165, 1.54) is 0 Å². The highest BCUT2D eigenvalue weighted by Crippen LogP contribution is 2.34. The highest BCUT2D eigenvalue weighted by atomic mass is 32.1. The fraction of sp³-hybridized carbons (Fsp3) is 0.500. The van der Waals surface area contributed by atoms with Crippen LogP contribution >= 0.6 is 11.3 Å². The second kappa shape index (κ2) is 4.18. The van der Waals surface area contributed by atoms with Gasteiger partial charge in [-0.2, -0.15) is 13.2 Å². The second-order valence-corrected chi connectivity index (χ2v) is 3.92. The van der Waals surface area contributed by atoms with Gasteiger partial charge in [0.15, 0.2) is 5.69 Å². The van der Waals surface area contributed by atoms with Crippen molar-refractivity contribution < 1.29 is 23.1 Å². The number of nitrogens with zero attached hydrogens (tertiary/aromatic N) is 1. The molecule has 0 aliphatic carbocycles. The molecule has 0 atom stereocenters. The summed E-state index contributed by atoms with van der Waals surface area (Å²) in [6, 6.07) is 0. The highest BCUT2D eigenvalue weighted by molar-refractivity contribution is 7.13. The number of rotatable bonds is 3. The van der Waals surface area contributed by atoms with Crippen LogP contribution in [0.25, 0.3) is 0 Å². The number of carboxylic acids is 1. The molecule has 0 aromatic carbocycles. The Morgan fingerprint density at radius 3 is 2.47 bits per heavy atom. The number of hydrogen-bond acceptors (Lipinski definition) is 3. The van der Waals surface area contributed by atoms with Crippen LogP contribution in [0.3, 0.4) is 0 Å². The van der Waals surface area contributed by atoms with Crippen LogP contribution in [0.15, 0.2) is 0 Å². The summed E-state index contributed by atoms with van der Waals surface area (Å²) in [5.74, 6) is -1.58. The highest BCUT2D eigenvalue weighted by Gasteiger charge is 2.39. The molecule has 0 amide bonds. The first kappa shape index (κ1) is 12.0. The minimum absolute atomic E-state index is 0.210. The van der Waals surface area contributed by atoms with Crippen molar-refractivity contribution >= 4 is 17.3 Å². The van der Waals surface area contributed by atoms with Gasteiger partial charge >= 0.3 is 12.1 Å². The molecule has 0 spiro atoms. The molecule has 0 unspecified atom stereocenters. The van der Waals surface area contributed by atoms with E-state index >= 15 is 0 Å². The van der Waals surface area contributed by atoms with E-state index in [4.69, 9.17) is 5.11 Å². The SMILES string of the molecule is CCCc1nc(C(F)(F)F)c(C(=O)O)s1.